The van der Waals surface area contributed by atoms with Crippen molar-refractivity contribution in [2.75, 3.05) is 14.2 Å². The Bertz CT molecular complexity index is 718. The van der Waals surface area contributed by atoms with Crippen molar-refractivity contribution in [2.45, 2.75) is 39.3 Å². The van der Waals surface area contributed by atoms with E-state index in [-0.39, 0.29) is 28.9 Å². The molecule has 1 aromatic carbocycles. The van der Waals surface area contributed by atoms with Gasteiger partial charge in [0, 0.05) is 5.70 Å². The summed E-state index contributed by atoms with van der Waals surface area (Å²) >= 11 is 0. The van der Waals surface area contributed by atoms with Gasteiger partial charge in [-0.3, -0.25) is 0 Å². The van der Waals surface area contributed by atoms with E-state index in [0.29, 0.717) is 17.7 Å². The SMILES string of the molecule is CC[C@@H](C)OC(=O)C1=C(C)NC(=O)N[C@H]1c1cc(OC)c(O)c(OC)c1. The van der Waals surface area contributed by atoms with Crippen LogP contribution in [-0.4, -0.2) is 37.4 Å². The fourth-order valence-corrected chi connectivity index (χ4v) is 2.62. The van der Waals surface area contributed by atoms with Crippen molar-refractivity contribution in [3.05, 3.63) is 29.0 Å². The van der Waals surface area contributed by atoms with Crippen LogP contribution in [-0.2, 0) is 9.53 Å². The molecule has 0 fully saturated rings. The van der Waals surface area contributed by atoms with Crippen LogP contribution in [0.15, 0.2) is 23.4 Å². The van der Waals surface area contributed by atoms with E-state index in [4.69, 9.17) is 14.2 Å². The van der Waals surface area contributed by atoms with E-state index in [1.54, 1.807) is 13.8 Å². The maximum Gasteiger partial charge on any atom is 0.338 e. The molecule has 0 spiro atoms. The van der Waals surface area contributed by atoms with Gasteiger partial charge in [0.05, 0.1) is 31.9 Å². The Kier molecular flexibility index (Phi) is 5.97. The molecule has 1 aromatic rings. The van der Waals surface area contributed by atoms with Gasteiger partial charge in [-0.15, -0.1) is 0 Å². The summed E-state index contributed by atoms with van der Waals surface area (Å²) in [6.45, 7) is 5.34. The van der Waals surface area contributed by atoms with Crippen LogP contribution in [0.4, 0.5) is 4.79 Å². The molecule has 0 radical (unpaired) electrons. The van der Waals surface area contributed by atoms with Crippen molar-refractivity contribution in [2.24, 2.45) is 0 Å². The Morgan fingerprint density at radius 2 is 1.85 bits per heavy atom. The molecule has 1 aliphatic rings. The number of esters is 1. The topological polar surface area (TPSA) is 106 Å². The van der Waals surface area contributed by atoms with Gasteiger partial charge in [-0.2, -0.15) is 0 Å². The van der Waals surface area contributed by atoms with Gasteiger partial charge in [-0.05, 0) is 38.0 Å². The number of carbonyl (C=O) groups is 2. The number of amides is 2. The number of hydrogen-bond donors (Lipinski definition) is 3. The summed E-state index contributed by atoms with van der Waals surface area (Å²) in [6, 6.07) is 1.86. The number of rotatable bonds is 6. The first kappa shape index (κ1) is 19.4. The molecule has 0 unspecified atom stereocenters. The summed E-state index contributed by atoms with van der Waals surface area (Å²) in [5, 5.41) is 15.4. The zero-order valence-electron chi connectivity index (χ0n) is 15.5. The summed E-state index contributed by atoms with van der Waals surface area (Å²) in [6.07, 6.45) is 0.411. The molecule has 26 heavy (non-hydrogen) atoms. The van der Waals surface area contributed by atoms with Crippen molar-refractivity contribution in [3.63, 3.8) is 0 Å². The van der Waals surface area contributed by atoms with Gasteiger partial charge >= 0.3 is 12.0 Å². The average Bonchev–Trinajstić information content (AvgIpc) is 2.60. The van der Waals surface area contributed by atoms with Gasteiger partial charge in [0.1, 0.15) is 0 Å². The van der Waals surface area contributed by atoms with Crippen molar-refractivity contribution in [1.82, 2.24) is 10.6 Å². The Balaban J connectivity index is 2.52. The summed E-state index contributed by atoms with van der Waals surface area (Å²) in [4.78, 5) is 24.6. The number of urea groups is 1. The molecule has 2 atom stereocenters. The third-order valence-electron chi connectivity index (χ3n) is 4.21. The maximum absolute atomic E-state index is 12.7. The molecule has 8 heteroatoms. The molecule has 0 saturated heterocycles. The number of phenols is 1. The van der Waals surface area contributed by atoms with Crippen LogP contribution in [0.25, 0.3) is 0 Å². The van der Waals surface area contributed by atoms with Gasteiger partial charge in [-0.25, -0.2) is 9.59 Å². The number of nitrogens with one attached hydrogen (secondary N) is 2. The molecule has 8 nitrogen and oxygen atoms in total. The van der Waals surface area contributed by atoms with E-state index in [0.717, 1.165) is 0 Å². The second-order valence-corrected chi connectivity index (χ2v) is 5.97. The highest BCUT2D eigenvalue weighted by atomic mass is 16.5. The van der Waals surface area contributed by atoms with E-state index in [1.165, 1.54) is 26.4 Å². The fraction of sp³-hybridized carbons (Fsp3) is 0.444. The molecule has 0 aromatic heterocycles. The minimum Gasteiger partial charge on any atom is -0.502 e. The lowest BCUT2D eigenvalue weighted by Gasteiger charge is -2.29. The number of hydrogen-bond acceptors (Lipinski definition) is 6. The molecular formula is C18H24N2O6. The maximum atomic E-state index is 12.7. The van der Waals surface area contributed by atoms with Crippen LogP contribution in [0.5, 0.6) is 17.2 Å². The number of allylic oxidation sites excluding steroid dienone is 1. The minimum absolute atomic E-state index is 0.163. The van der Waals surface area contributed by atoms with Gasteiger partial charge in [0.2, 0.25) is 5.75 Å². The summed E-state index contributed by atoms with van der Waals surface area (Å²) < 4.78 is 15.8. The Hall–Kier alpha value is -2.90. The number of benzene rings is 1. The van der Waals surface area contributed by atoms with E-state index in [2.05, 4.69) is 10.6 Å². The highest BCUT2D eigenvalue weighted by Crippen LogP contribution is 2.40. The van der Waals surface area contributed by atoms with Gasteiger partial charge in [0.15, 0.2) is 11.5 Å². The first-order valence-corrected chi connectivity index (χ1v) is 8.26. The van der Waals surface area contributed by atoms with Crippen LogP contribution in [0.2, 0.25) is 0 Å². The molecule has 0 aliphatic carbocycles. The smallest absolute Gasteiger partial charge is 0.338 e. The van der Waals surface area contributed by atoms with E-state index in [1.807, 2.05) is 6.92 Å². The zero-order valence-corrected chi connectivity index (χ0v) is 15.5. The van der Waals surface area contributed by atoms with Crippen LogP contribution in [0.3, 0.4) is 0 Å². The molecule has 0 bridgehead atoms. The highest BCUT2D eigenvalue weighted by Gasteiger charge is 2.34. The molecular weight excluding hydrogens is 340 g/mol. The van der Waals surface area contributed by atoms with Crippen molar-refractivity contribution in [1.29, 1.82) is 0 Å². The van der Waals surface area contributed by atoms with E-state index >= 15 is 0 Å². The molecule has 2 amide bonds. The lowest BCUT2D eigenvalue weighted by Crippen LogP contribution is -2.45. The molecule has 142 valence electrons. The summed E-state index contributed by atoms with van der Waals surface area (Å²) in [5.41, 5.74) is 1.19. The highest BCUT2D eigenvalue weighted by molar-refractivity contribution is 5.95. The summed E-state index contributed by atoms with van der Waals surface area (Å²) in [7, 11) is 2.80. The Labute approximate surface area is 152 Å². The zero-order chi connectivity index (χ0) is 19.4. The third kappa shape index (κ3) is 3.84. The van der Waals surface area contributed by atoms with Crippen molar-refractivity contribution >= 4 is 12.0 Å². The number of phenolic OH excluding ortho intramolecular Hbond substituents is 1. The van der Waals surface area contributed by atoms with Crippen LogP contribution >= 0.6 is 0 Å². The average molecular weight is 364 g/mol. The number of ether oxygens (including phenoxy) is 3. The number of carbonyl (C=O) groups excluding carboxylic acids is 2. The summed E-state index contributed by atoms with van der Waals surface area (Å²) in [5.74, 6) is -0.359. The predicted molar refractivity (Wildman–Crippen MR) is 94.2 cm³/mol. The van der Waals surface area contributed by atoms with Crippen LogP contribution in [0, 0.1) is 0 Å². The Morgan fingerprint density at radius 1 is 1.27 bits per heavy atom. The Morgan fingerprint density at radius 3 is 2.35 bits per heavy atom. The number of aromatic hydroxyl groups is 1. The van der Waals surface area contributed by atoms with Crippen LogP contribution < -0.4 is 20.1 Å². The second kappa shape index (κ2) is 7.99. The monoisotopic (exact) mass is 364 g/mol. The second-order valence-electron chi connectivity index (χ2n) is 5.97. The first-order valence-electron chi connectivity index (χ1n) is 8.26. The normalized spacial score (nSPS) is 17.9. The van der Waals surface area contributed by atoms with E-state index in [9.17, 15) is 14.7 Å². The van der Waals surface area contributed by atoms with E-state index < -0.39 is 18.0 Å². The van der Waals surface area contributed by atoms with Gasteiger partial charge in [0.25, 0.3) is 0 Å². The predicted octanol–water partition coefficient (Wildman–Crippen LogP) is 2.38. The fourth-order valence-electron chi connectivity index (χ4n) is 2.62. The standard InChI is InChI=1S/C18H24N2O6/c1-6-9(2)26-17(22)14-10(3)19-18(23)20-15(14)11-7-12(24-4)16(21)13(8-11)25-5/h7-9,15,21H,6H2,1-5H3,(H2,19,20,23)/t9-,15+/m1/s1. The minimum atomic E-state index is -0.774. The van der Waals surface area contributed by atoms with Crippen molar-refractivity contribution < 1.29 is 28.9 Å². The van der Waals surface area contributed by atoms with Gasteiger partial charge in [-0.1, -0.05) is 6.92 Å². The number of methoxy groups -OCH3 is 2. The first-order chi connectivity index (χ1) is 12.3. The lowest BCUT2D eigenvalue weighted by molar-refractivity contribution is -0.144. The third-order valence-corrected chi connectivity index (χ3v) is 4.21. The quantitative estimate of drug-likeness (QED) is 0.669. The molecule has 1 aliphatic heterocycles. The molecule has 2 rings (SSSR count). The van der Waals surface area contributed by atoms with Gasteiger partial charge < -0.3 is 30.0 Å². The molecule has 3 N–H and O–H groups in total. The largest absolute Gasteiger partial charge is 0.502 e. The van der Waals surface area contributed by atoms with Crippen molar-refractivity contribution in [3.8, 4) is 17.2 Å². The van der Waals surface area contributed by atoms with Crippen LogP contribution in [0.1, 0.15) is 38.8 Å². The lowest BCUT2D eigenvalue weighted by atomic mass is 9.95. The molecule has 0 saturated carbocycles. The molecule has 1 heterocycles.